The molecule has 3 aromatic rings. The minimum Gasteiger partial charge on any atom is -0.496 e. The number of aromatic nitrogens is 2. The summed E-state index contributed by atoms with van der Waals surface area (Å²) in [5.41, 5.74) is 2.09. The fraction of sp³-hybridized carbons (Fsp3) is 0.300. The lowest BCUT2D eigenvalue weighted by molar-refractivity contribution is 0.0945. The van der Waals surface area contributed by atoms with E-state index < -0.39 is 6.04 Å². The number of aryl methyl sites for hydroxylation is 3. The summed E-state index contributed by atoms with van der Waals surface area (Å²) in [4.78, 5) is 19.3. The lowest BCUT2D eigenvalue weighted by Crippen LogP contribution is -2.31. The summed E-state index contributed by atoms with van der Waals surface area (Å²) in [5.74, 6) is 1.38. The van der Waals surface area contributed by atoms with Gasteiger partial charge < -0.3 is 14.6 Å². The monoisotopic (exact) mass is 369 g/mol. The third kappa shape index (κ3) is 3.51. The fourth-order valence-electron chi connectivity index (χ4n) is 3.03. The van der Waals surface area contributed by atoms with Crippen molar-refractivity contribution in [2.24, 2.45) is 7.05 Å². The zero-order chi connectivity index (χ0) is 18.7. The predicted molar refractivity (Wildman–Crippen MR) is 104 cm³/mol. The highest BCUT2D eigenvalue weighted by Crippen LogP contribution is 2.30. The van der Waals surface area contributed by atoms with Gasteiger partial charge in [0, 0.05) is 29.9 Å². The summed E-state index contributed by atoms with van der Waals surface area (Å²) >= 11 is 1.53. The van der Waals surface area contributed by atoms with Crippen LogP contribution in [0.1, 0.15) is 44.5 Å². The number of hydrogen-bond donors (Lipinski definition) is 1. The van der Waals surface area contributed by atoms with Gasteiger partial charge in [-0.1, -0.05) is 25.1 Å². The van der Waals surface area contributed by atoms with Gasteiger partial charge in [0.1, 0.15) is 17.6 Å². The van der Waals surface area contributed by atoms with Crippen LogP contribution in [0, 0.1) is 6.92 Å². The van der Waals surface area contributed by atoms with Gasteiger partial charge in [-0.2, -0.15) is 0 Å². The summed E-state index contributed by atoms with van der Waals surface area (Å²) in [6.07, 6.45) is 4.52. The molecular formula is C20H23N3O2S. The zero-order valence-electron chi connectivity index (χ0n) is 15.4. The Labute approximate surface area is 157 Å². The number of ether oxygens (including phenoxy) is 1. The van der Waals surface area contributed by atoms with E-state index in [-0.39, 0.29) is 5.91 Å². The Kier molecular flexibility index (Phi) is 5.42. The lowest BCUT2D eigenvalue weighted by Gasteiger charge is -2.21. The molecule has 1 amide bonds. The molecule has 26 heavy (non-hydrogen) atoms. The highest BCUT2D eigenvalue weighted by molar-refractivity contribution is 7.14. The predicted octanol–water partition coefficient (Wildman–Crippen LogP) is 3.88. The molecule has 0 bridgehead atoms. The molecule has 136 valence electrons. The molecule has 2 aromatic heterocycles. The van der Waals surface area contributed by atoms with Crippen LogP contribution in [0.25, 0.3) is 0 Å². The summed E-state index contributed by atoms with van der Waals surface area (Å²) in [7, 11) is 3.55. The molecule has 0 fully saturated rings. The number of rotatable bonds is 6. The topological polar surface area (TPSA) is 56.1 Å². The number of nitrogens with one attached hydrogen (secondary N) is 1. The number of imidazole rings is 1. The van der Waals surface area contributed by atoms with E-state index in [1.165, 1.54) is 21.8 Å². The van der Waals surface area contributed by atoms with E-state index in [1.807, 2.05) is 48.1 Å². The Hall–Kier alpha value is -2.60. The maximum atomic E-state index is 12.9. The van der Waals surface area contributed by atoms with Crippen molar-refractivity contribution in [3.8, 4) is 5.75 Å². The van der Waals surface area contributed by atoms with E-state index in [0.29, 0.717) is 4.88 Å². The molecule has 0 saturated carbocycles. The summed E-state index contributed by atoms with van der Waals surface area (Å²) in [6, 6.07) is 9.27. The van der Waals surface area contributed by atoms with Crippen LogP contribution < -0.4 is 10.1 Å². The number of hydrogen-bond acceptors (Lipinski definition) is 4. The van der Waals surface area contributed by atoms with Gasteiger partial charge in [0.05, 0.1) is 12.0 Å². The summed E-state index contributed by atoms with van der Waals surface area (Å²) in [6.45, 7) is 4.15. The number of benzene rings is 1. The molecular weight excluding hydrogens is 346 g/mol. The molecule has 1 unspecified atom stereocenters. The third-order valence-corrected chi connectivity index (χ3v) is 5.56. The van der Waals surface area contributed by atoms with Gasteiger partial charge in [0.25, 0.3) is 5.91 Å². The molecule has 2 heterocycles. The molecule has 5 nitrogen and oxygen atoms in total. The first-order valence-corrected chi connectivity index (χ1v) is 9.37. The van der Waals surface area contributed by atoms with Crippen molar-refractivity contribution in [3.63, 3.8) is 0 Å². The third-order valence-electron chi connectivity index (χ3n) is 4.47. The first-order chi connectivity index (χ1) is 12.5. The molecule has 1 aromatic carbocycles. The summed E-state index contributed by atoms with van der Waals surface area (Å²) < 4.78 is 7.42. The molecule has 3 rings (SSSR count). The highest BCUT2D eigenvalue weighted by Gasteiger charge is 2.25. The normalized spacial score (nSPS) is 12.0. The van der Waals surface area contributed by atoms with Crippen LogP contribution in [-0.2, 0) is 13.5 Å². The van der Waals surface area contributed by atoms with Gasteiger partial charge in [0.2, 0.25) is 0 Å². The van der Waals surface area contributed by atoms with Gasteiger partial charge in [-0.05, 0) is 31.0 Å². The van der Waals surface area contributed by atoms with Crippen LogP contribution in [0.2, 0.25) is 0 Å². The highest BCUT2D eigenvalue weighted by atomic mass is 32.1. The lowest BCUT2D eigenvalue weighted by atomic mass is 10.0. The van der Waals surface area contributed by atoms with E-state index in [9.17, 15) is 4.79 Å². The van der Waals surface area contributed by atoms with Gasteiger partial charge in [-0.3, -0.25) is 4.79 Å². The van der Waals surface area contributed by atoms with E-state index >= 15 is 0 Å². The second-order valence-corrected chi connectivity index (χ2v) is 7.35. The van der Waals surface area contributed by atoms with Crippen LogP contribution >= 0.6 is 11.3 Å². The maximum Gasteiger partial charge on any atom is 0.262 e. The molecule has 1 atom stereocenters. The first kappa shape index (κ1) is 18.2. The van der Waals surface area contributed by atoms with E-state index in [2.05, 4.69) is 24.1 Å². The van der Waals surface area contributed by atoms with Crippen LogP contribution in [0.4, 0.5) is 0 Å². The Morgan fingerprint density at radius 1 is 1.38 bits per heavy atom. The van der Waals surface area contributed by atoms with Crippen LogP contribution in [0.5, 0.6) is 5.75 Å². The van der Waals surface area contributed by atoms with E-state index in [0.717, 1.165) is 23.6 Å². The van der Waals surface area contributed by atoms with Gasteiger partial charge >= 0.3 is 0 Å². The van der Waals surface area contributed by atoms with Crippen molar-refractivity contribution in [2.75, 3.05) is 7.11 Å². The van der Waals surface area contributed by atoms with Gasteiger partial charge in [-0.15, -0.1) is 11.3 Å². The van der Waals surface area contributed by atoms with Crippen molar-refractivity contribution in [2.45, 2.75) is 26.3 Å². The number of amides is 1. The van der Waals surface area contributed by atoms with Crippen molar-refractivity contribution in [1.82, 2.24) is 14.9 Å². The second kappa shape index (κ2) is 7.74. The average molecular weight is 369 g/mol. The Morgan fingerprint density at radius 2 is 2.15 bits per heavy atom. The molecule has 0 aliphatic rings. The molecule has 6 heteroatoms. The minimum absolute atomic E-state index is 0.100. The smallest absolute Gasteiger partial charge is 0.262 e. The molecule has 0 spiro atoms. The number of thiophene rings is 1. The van der Waals surface area contributed by atoms with Crippen molar-refractivity contribution < 1.29 is 9.53 Å². The van der Waals surface area contributed by atoms with Crippen LogP contribution in [0.3, 0.4) is 0 Å². The molecule has 0 aliphatic heterocycles. The van der Waals surface area contributed by atoms with Gasteiger partial charge in [0.15, 0.2) is 0 Å². The van der Waals surface area contributed by atoms with E-state index in [4.69, 9.17) is 4.74 Å². The molecule has 0 radical (unpaired) electrons. The minimum atomic E-state index is -0.397. The number of nitrogens with zero attached hydrogens (tertiary/aromatic N) is 2. The average Bonchev–Trinajstić information content (AvgIpc) is 3.25. The fourth-order valence-corrected chi connectivity index (χ4v) is 4.04. The summed E-state index contributed by atoms with van der Waals surface area (Å²) in [5, 5.41) is 3.14. The maximum absolute atomic E-state index is 12.9. The SMILES string of the molecule is CCc1cc(C(=O)NC(c2ccccc2OC)c2nccn2C)sc1C. The van der Waals surface area contributed by atoms with Crippen molar-refractivity contribution in [3.05, 3.63) is 69.4 Å². The number of carbonyl (C=O) groups is 1. The number of carbonyl (C=O) groups excluding carboxylic acids is 1. The van der Waals surface area contributed by atoms with Crippen molar-refractivity contribution in [1.29, 1.82) is 0 Å². The standard InChI is InChI=1S/C20H23N3O2S/c1-5-14-12-17(26-13(14)2)20(24)22-18(19-21-10-11-23(19)3)15-8-6-7-9-16(15)25-4/h6-12,18H,5H2,1-4H3,(H,22,24). The second-order valence-electron chi connectivity index (χ2n) is 6.09. The molecule has 1 N–H and O–H groups in total. The molecule has 0 saturated heterocycles. The largest absolute Gasteiger partial charge is 0.496 e. The van der Waals surface area contributed by atoms with Crippen LogP contribution in [-0.4, -0.2) is 22.6 Å². The number of para-hydroxylation sites is 1. The zero-order valence-corrected chi connectivity index (χ0v) is 16.3. The number of methoxy groups -OCH3 is 1. The van der Waals surface area contributed by atoms with Crippen molar-refractivity contribution >= 4 is 17.2 Å². The Bertz CT molecular complexity index is 913. The Morgan fingerprint density at radius 3 is 2.77 bits per heavy atom. The van der Waals surface area contributed by atoms with E-state index in [1.54, 1.807) is 13.3 Å². The Balaban J connectivity index is 1.99. The quantitative estimate of drug-likeness (QED) is 0.717. The van der Waals surface area contributed by atoms with Gasteiger partial charge in [-0.25, -0.2) is 4.98 Å². The van der Waals surface area contributed by atoms with Crippen LogP contribution in [0.15, 0.2) is 42.7 Å². The first-order valence-electron chi connectivity index (χ1n) is 8.55. The molecule has 0 aliphatic carbocycles.